The molecule has 1 aromatic carbocycles. The summed E-state index contributed by atoms with van der Waals surface area (Å²) in [5.41, 5.74) is 2.21. The molecule has 1 heterocycles. The zero-order valence-electron chi connectivity index (χ0n) is 15.5. The van der Waals surface area contributed by atoms with E-state index in [2.05, 4.69) is 25.2 Å². The summed E-state index contributed by atoms with van der Waals surface area (Å²) < 4.78 is 28.6. The Labute approximate surface area is 164 Å². The number of nitrogens with zero attached hydrogens (tertiary/aromatic N) is 4. The van der Waals surface area contributed by atoms with E-state index in [1.807, 2.05) is 6.92 Å². The number of halogens is 2. The summed E-state index contributed by atoms with van der Waals surface area (Å²) in [5, 5.41) is 13.8. The minimum Gasteiger partial charge on any atom is -0.398 e. The molecule has 1 aromatic heterocycles. The van der Waals surface area contributed by atoms with E-state index in [4.69, 9.17) is 9.68 Å². The van der Waals surface area contributed by atoms with Gasteiger partial charge in [0.1, 0.15) is 13.7 Å². The Hall–Kier alpha value is -2.95. The number of rotatable bonds is 9. The van der Waals surface area contributed by atoms with Crippen molar-refractivity contribution in [2.24, 2.45) is 10.3 Å². The Morgan fingerprint density at radius 3 is 2.71 bits per heavy atom. The van der Waals surface area contributed by atoms with Crippen LogP contribution in [0.4, 0.5) is 8.78 Å². The summed E-state index contributed by atoms with van der Waals surface area (Å²) >= 11 is 1.21. The molecule has 28 heavy (non-hydrogen) atoms. The van der Waals surface area contributed by atoms with Gasteiger partial charge in [-0.05, 0) is 25.4 Å². The summed E-state index contributed by atoms with van der Waals surface area (Å²) in [7, 11) is 1.26. The summed E-state index contributed by atoms with van der Waals surface area (Å²) in [5.74, 6) is -0.777. The lowest BCUT2D eigenvalue weighted by Gasteiger charge is -2.11. The predicted octanol–water partition coefficient (Wildman–Crippen LogP) is 2.52. The number of nitrogens with one attached hydrogen (secondary N) is 1. The fraction of sp³-hybridized carbons (Fsp3) is 0.353. The molecule has 11 heteroatoms. The number of alkyl halides is 2. The second-order valence-electron chi connectivity index (χ2n) is 5.52. The molecule has 1 N–H and O–H groups in total. The topological polar surface area (TPSA) is 98.1 Å². The van der Waals surface area contributed by atoms with Crippen LogP contribution in [0.1, 0.15) is 28.6 Å². The van der Waals surface area contributed by atoms with Crippen molar-refractivity contribution in [3.05, 3.63) is 46.0 Å². The third-order valence-corrected chi connectivity index (χ3v) is 4.43. The fourth-order valence-corrected chi connectivity index (χ4v) is 2.82. The maximum atomic E-state index is 12.4. The van der Waals surface area contributed by atoms with Gasteiger partial charge >= 0.3 is 0 Å². The van der Waals surface area contributed by atoms with Crippen LogP contribution in [0, 0.1) is 6.92 Å². The zero-order chi connectivity index (χ0) is 20.5. The van der Waals surface area contributed by atoms with Gasteiger partial charge in [0, 0.05) is 11.1 Å². The molecule has 0 aliphatic rings. The van der Waals surface area contributed by atoms with Crippen LogP contribution in [-0.4, -0.2) is 47.0 Å². The van der Waals surface area contributed by atoms with E-state index < -0.39 is 18.9 Å². The minimum atomic E-state index is -2.67. The highest BCUT2D eigenvalue weighted by Gasteiger charge is 2.19. The Morgan fingerprint density at radius 1 is 1.32 bits per heavy atom. The van der Waals surface area contributed by atoms with E-state index >= 15 is 0 Å². The van der Waals surface area contributed by atoms with Crippen LogP contribution in [0.2, 0.25) is 0 Å². The molecule has 0 fully saturated rings. The molecule has 0 aliphatic carbocycles. The maximum Gasteiger partial charge on any atom is 0.274 e. The smallest absolute Gasteiger partial charge is 0.274 e. The van der Waals surface area contributed by atoms with Gasteiger partial charge in [0.2, 0.25) is 0 Å². The monoisotopic (exact) mass is 411 g/mol. The predicted molar refractivity (Wildman–Crippen MR) is 101 cm³/mol. The first-order chi connectivity index (χ1) is 13.4. The van der Waals surface area contributed by atoms with Gasteiger partial charge in [0.15, 0.2) is 5.71 Å². The average molecular weight is 411 g/mol. The molecule has 150 valence electrons. The van der Waals surface area contributed by atoms with Crippen molar-refractivity contribution in [3.8, 4) is 0 Å². The van der Waals surface area contributed by atoms with Gasteiger partial charge in [0.05, 0.1) is 22.8 Å². The Morgan fingerprint density at radius 2 is 2.07 bits per heavy atom. The molecule has 0 atom stereocenters. The van der Waals surface area contributed by atoms with Gasteiger partial charge in [-0.15, -0.1) is 5.10 Å². The number of amides is 1. The van der Waals surface area contributed by atoms with Gasteiger partial charge in [-0.25, -0.2) is 8.78 Å². The highest BCUT2D eigenvalue weighted by molar-refractivity contribution is 7.08. The van der Waals surface area contributed by atoms with Gasteiger partial charge in [0.25, 0.3) is 12.3 Å². The molecular weight excluding hydrogens is 392 g/mol. The minimum absolute atomic E-state index is 0.0314. The normalized spacial score (nSPS) is 12.2. The highest BCUT2D eigenvalue weighted by Crippen LogP contribution is 2.14. The quantitative estimate of drug-likeness (QED) is 0.505. The zero-order valence-corrected chi connectivity index (χ0v) is 16.3. The van der Waals surface area contributed by atoms with Gasteiger partial charge < -0.3 is 15.0 Å². The molecule has 0 saturated heterocycles. The Bertz CT molecular complexity index is 870. The largest absolute Gasteiger partial charge is 0.398 e. The van der Waals surface area contributed by atoms with Gasteiger partial charge in [-0.3, -0.25) is 4.79 Å². The summed E-state index contributed by atoms with van der Waals surface area (Å²) in [4.78, 5) is 23.1. The summed E-state index contributed by atoms with van der Waals surface area (Å²) in [6, 6.07) is 6.76. The molecule has 0 radical (unpaired) electrons. The molecule has 2 aromatic rings. The second-order valence-corrected chi connectivity index (χ2v) is 6.27. The van der Waals surface area contributed by atoms with Crippen molar-refractivity contribution in [1.29, 1.82) is 0 Å². The Kier molecular flexibility index (Phi) is 7.93. The molecule has 8 nitrogen and oxygen atoms in total. The van der Waals surface area contributed by atoms with Crippen LogP contribution in [0.5, 0.6) is 0 Å². The first-order valence-electron chi connectivity index (χ1n) is 8.15. The number of aryl methyl sites for hydroxylation is 1. The number of aromatic nitrogens is 2. The van der Waals surface area contributed by atoms with E-state index in [0.717, 1.165) is 10.6 Å². The van der Waals surface area contributed by atoms with Crippen molar-refractivity contribution in [2.75, 3.05) is 13.7 Å². The lowest BCUT2D eigenvalue weighted by molar-refractivity contribution is -0.115. The molecule has 0 bridgehead atoms. The second kappa shape index (κ2) is 10.4. The third kappa shape index (κ3) is 5.78. The van der Waals surface area contributed by atoms with Crippen LogP contribution in [0.25, 0.3) is 0 Å². The lowest BCUT2D eigenvalue weighted by Crippen LogP contribution is -2.35. The number of hydrogen-bond acceptors (Lipinski definition) is 8. The van der Waals surface area contributed by atoms with E-state index in [9.17, 15) is 13.6 Å². The van der Waals surface area contributed by atoms with Crippen molar-refractivity contribution in [3.63, 3.8) is 0 Å². The first-order valence-corrected chi connectivity index (χ1v) is 8.93. The van der Waals surface area contributed by atoms with Crippen molar-refractivity contribution in [1.82, 2.24) is 14.9 Å². The Balaban J connectivity index is 2.17. The number of oxime groups is 2. The third-order valence-electron chi connectivity index (χ3n) is 3.49. The van der Waals surface area contributed by atoms with E-state index in [-0.39, 0.29) is 12.3 Å². The molecule has 0 aliphatic heterocycles. The van der Waals surface area contributed by atoms with Crippen LogP contribution in [-0.2, 0) is 21.1 Å². The highest BCUT2D eigenvalue weighted by atomic mass is 32.1. The van der Waals surface area contributed by atoms with Crippen molar-refractivity contribution >= 4 is 28.9 Å². The molecule has 2 rings (SSSR count). The SMILES string of the molecule is CO/N=C(\C(=O)NCC(F)F)c1ccccc1CO/N=C(/C)c1snnc1C. The average Bonchev–Trinajstić information content (AvgIpc) is 3.10. The molecule has 0 saturated carbocycles. The van der Waals surface area contributed by atoms with Gasteiger partial charge in [-0.2, -0.15) is 0 Å². The number of benzene rings is 1. The number of carbonyl (C=O) groups excluding carboxylic acids is 1. The summed E-state index contributed by atoms with van der Waals surface area (Å²) in [6.07, 6.45) is -2.67. The van der Waals surface area contributed by atoms with Gasteiger partial charge in [-0.1, -0.05) is 39.1 Å². The van der Waals surface area contributed by atoms with E-state index in [1.54, 1.807) is 31.2 Å². The van der Waals surface area contributed by atoms with Crippen LogP contribution < -0.4 is 5.32 Å². The molecule has 0 spiro atoms. The van der Waals surface area contributed by atoms with Crippen LogP contribution in [0.15, 0.2) is 34.6 Å². The van der Waals surface area contributed by atoms with Crippen molar-refractivity contribution in [2.45, 2.75) is 26.9 Å². The molecule has 1 amide bonds. The molecular formula is C17H19F2N5O3S. The fourth-order valence-electron chi connectivity index (χ4n) is 2.24. The van der Waals surface area contributed by atoms with E-state index in [0.29, 0.717) is 16.8 Å². The number of hydrogen-bond donors (Lipinski definition) is 1. The number of carbonyl (C=O) groups is 1. The maximum absolute atomic E-state index is 12.4. The first kappa shape index (κ1) is 21.4. The molecule has 0 unspecified atom stereocenters. The lowest BCUT2D eigenvalue weighted by atomic mass is 10.0. The van der Waals surface area contributed by atoms with Crippen LogP contribution >= 0.6 is 11.5 Å². The van der Waals surface area contributed by atoms with E-state index in [1.165, 1.54) is 18.6 Å². The summed E-state index contributed by atoms with van der Waals surface area (Å²) in [6.45, 7) is 2.83. The van der Waals surface area contributed by atoms with Crippen LogP contribution in [0.3, 0.4) is 0 Å². The standard InChI is InChI=1S/C17H19F2N5O3S/c1-10-16(28-24-21-10)11(2)22-27-9-12-6-4-5-7-13(12)15(23-26-3)17(25)20-8-14(18)19/h4-7,14H,8-9H2,1-3H3,(H,20,25)/b22-11-,23-15-. The van der Waals surface area contributed by atoms with Crippen molar-refractivity contribution < 1.29 is 23.3 Å².